The summed E-state index contributed by atoms with van der Waals surface area (Å²) in [6, 6.07) is 0. The van der Waals surface area contributed by atoms with Crippen LogP contribution in [0.1, 0.15) is 49.5 Å². The van der Waals surface area contributed by atoms with Crippen LogP contribution in [-0.2, 0) is 6.54 Å². The molecule has 1 heterocycles. The molecule has 0 aliphatic heterocycles. The predicted molar refractivity (Wildman–Crippen MR) is 71.4 cm³/mol. The van der Waals surface area contributed by atoms with Gasteiger partial charge in [0.25, 0.3) is 0 Å². The van der Waals surface area contributed by atoms with Crippen molar-refractivity contribution < 1.29 is 4.79 Å². The van der Waals surface area contributed by atoms with Gasteiger partial charge in [0.15, 0.2) is 5.78 Å². The summed E-state index contributed by atoms with van der Waals surface area (Å²) in [5.74, 6) is 1.23. The van der Waals surface area contributed by atoms with Crippen molar-refractivity contribution in [3.63, 3.8) is 0 Å². The molecule has 1 aromatic heterocycles. The topological polar surface area (TPSA) is 60.9 Å². The maximum atomic E-state index is 12.3. The Hall–Kier alpha value is -1.16. The molecule has 1 fully saturated rings. The number of carbonyl (C=O) groups is 1. The van der Waals surface area contributed by atoms with Crippen LogP contribution in [0.25, 0.3) is 0 Å². The molecule has 2 N–H and O–H groups in total. The molecule has 18 heavy (non-hydrogen) atoms. The maximum Gasteiger partial charge on any atom is 0.185 e. The lowest BCUT2D eigenvalue weighted by molar-refractivity contribution is 0.0866. The average Bonchev–Trinajstić information content (AvgIpc) is 2.87. The van der Waals surface area contributed by atoms with Gasteiger partial charge in [0.2, 0.25) is 0 Å². The van der Waals surface area contributed by atoms with E-state index in [0.717, 1.165) is 25.3 Å². The lowest BCUT2D eigenvalue weighted by atomic mass is 9.78. The van der Waals surface area contributed by atoms with Crippen molar-refractivity contribution in [1.29, 1.82) is 0 Å². The normalized spacial score (nSPS) is 24.1. The Morgan fingerprint density at radius 2 is 2.17 bits per heavy atom. The fraction of sp³-hybridized carbons (Fsp3) is 0.714. The van der Waals surface area contributed by atoms with Gasteiger partial charge in [0.05, 0.1) is 6.33 Å². The zero-order valence-corrected chi connectivity index (χ0v) is 11.1. The third kappa shape index (κ3) is 2.99. The van der Waals surface area contributed by atoms with Gasteiger partial charge in [-0.3, -0.25) is 4.79 Å². The molecule has 0 saturated heterocycles. The second kappa shape index (κ2) is 6.14. The Morgan fingerprint density at radius 1 is 1.44 bits per heavy atom. The van der Waals surface area contributed by atoms with Crippen molar-refractivity contribution in [2.24, 2.45) is 17.6 Å². The number of nitrogens with zero attached hydrogens (tertiary/aromatic N) is 2. The number of hydrogen-bond acceptors (Lipinski definition) is 3. The van der Waals surface area contributed by atoms with Crippen LogP contribution in [0.5, 0.6) is 0 Å². The Morgan fingerprint density at radius 3 is 2.78 bits per heavy atom. The molecule has 4 nitrogen and oxygen atoms in total. The van der Waals surface area contributed by atoms with E-state index in [1.807, 2.05) is 10.8 Å². The van der Waals surface area contributed by atoms with E-state index in [-0.39, 0.29) is 11.7 Å². The number of rotatable bonds is 5. The highest BCUT2D eigenvalue weighted by molar-refractivity contribution is 5.95. The molecule has 0 bridgehead atoms. The first-order valence-corrected chi connectivity index (χ1v) is 7.00. The highest BCUT2D eigenvalue weighted by atomic mass is 16.1. The molecule has 0 radical (unpaired) electrons. The average molecular weight is 249 g/mol. The lowest BCUT2D eigenvalue weighted by Crippen LogP contribution is -2.22. The fourth-order valence-corrected chi connectivity index (χ4v) is 2.80. The number of carbonyl (C=O) groups excluding carboxylic acids is 1. The first kappa shape index (κ1) is 13.3. The first-order chi connectivity index (χ1) is 8.74. The molecule has 0 atom stereocenters. The molecule has 1 aromatic rings. The third-order valence-electron chi connectivity index (χ3n) is 4.07. The summed E-state index contributed by atoms with van der Waals surface area (Å²) in [6.45, 7) is 3.54. The Kier molecular flexibility index (Phi) is 4.53. The second-order valence-electron chi connectivity index (χ2n) is 5.28. The van der Waals surface area contributed by atoms with Crippen LogP contribution >= 0.6 is 0 Å². The molecule has 2 rings (SSSR count). The van der Waals surface area contributed by atoms with Gasteiger partial charge in [0, 0.05) is 25.2 Å². The van der Waals surface area contributed by atoms with Crippen LogP contribution < -0.4 is 5.73 Å². The van der Waals surface area contributed by atoms with E-state index in [2.05, 4.69) is 11.9 Å². The zero-order chi connectivity index (χ0) is 13.0. The monoisotopic (exact) mass is 249 g/mol. The van der Waals surface area contributed by atoms with Gasteiger partial charge in [-0.2, -0.15) is 0 Å². The largest absolute Gasteiger partial charge is 0.335 e. The molecule has 0 spiro atoms. The smallest absolute Gasteiger partial charge is 0.185 e. The second-order valence-corrected chi connectivity index (χ2v) is 5.28. The minimum absolute atomic E-state index is 0.189. The predicted octanol–water partition coefficient (Wildman–Crippen LogP) is 2.24. The van der Waals surface area contributed by atoms with E-state index >= 15 is 0 Å². The van der Waals surface area contributed by atoms with Crippen LogP contribution in [0, 0.1) is 11.8 Å². The summed E-state index contributed by atoms with van der Waals surface area (Å²) in [7, 11) is 0. The molecule has 100 valence electrons. The highest BCUT2D eigenvalue weighted by Gasteiger charge is 2.27. The van der Waals surface area contributed by atoms with Crippen LogP contribution in [0.2, 0.25) is 0 Å². The summed E-state index contributed by atoms with van der Waals surface area (Å²) >= 11 is 0. The molecule has 1 saturated carbocycles. The van der Waals surface area contributed by atoms with E-state index in [4.69, 9.17) is 5.73 Å². The molecule has 1 aliphatic carbocycles. The summed E-state index contributed by atoms with van der Waals surface area (Å²) in [6.07, 6.45) is 9.22. The standard InChI is InChI=1S/C14H23N3O/c1-2-11-3-5-12(6-4-11)14(18)13-9-17(8-7-15)10-16-13/h9-12H,2-8,15H2,1H3. The van der Waals surface area contributed by atoms with Gasteiger partial charge in [-0.05, 0) is 31.6 Å². The molecule has 1 aliphatic rings. The van der Waals surface area contributed by atoms with E-state index < -0.39 is 0 Å². The highest BCUT2D eigenvalue weighted by Crippen LogP contribution is 2.32. The molecule has 4 heteroatoms. The number of imidazole rings is 1. The summed E-state index contributed by atoms with van der Waals surface area (Å²) in [5, 5.41) is 0. The Bertz CT molecular complexity index is 391. The Balaban J connectivity index is 1.94. The van der Waals surface area contributed by atoms with Crippen molar-refractivity contribution in [2.75, 3.05) is 6.54 Å². The third-order valence-corrected chi connectivity index (χ3v) is 4.07. The quantitative estimate of drug-likeness (QED) is 0.814. The van der Waals surface area contributed by atoms with Crippen molar-refractivity contribution >= 4 is 5.78 Å². The minimum Gasteiger partial charge on any atom is -0.335 e. The van der Waals surface area contributed by atoms with Gasteiger partial charge in [-0.1, -0.05) is 13.3 Å². The molecule has 0 aromatic carbocycles. The number of Topliss-reactive ketones (excluding diaryl/α,β-unsaturated/α-hetero) is 1. The van der Waals surface area contributed by atoms with E-state index in [0.29, 0.717) is 12.2 Å². The zero-order valence-electron chi connectivity index (χ0n) is 11.1. The molecule has 0 amide bonds. The fourth-order valence-electron chi connectivity index (χ4n) is 2.80. The lowest BCUT2D eigenvalue weighted by Gasteiger charge is -2.26. The van der Waals surface area contributed by atoms with Gasteiger partial charge < -0.3 is 10.3 Å². The Labute approximate surface area is 109 Å². The number of nitrogens with two attached hydrogens (primary N) is 1. The molecular weight excluding hydrogens is 226 g/mol. The van der Waals surface area contributed by atoms with Crippen molar-refractivity contribution in [1.82, 2.24) is 9.55 Å². The van der Waals surface area contributed by atoms with Crippen molar-refractivity contribution in [3.05, 3.63) is 18.2 Å². The summed E-state index contributed by atoms with van der Waals surface area (Å²) in [4.78, 5) is 16.5. The van der Waals surface area contributed by atoms with Crippen LogP contribution in [0.4, 0.5) is 0 Å². The minimum atomic E-state index is 0.189. The number of hydrogen-bond donors (Lipinski definition) is 1. The van der Waals surface area contributed by atoms with Gasteiger partial charge in [-0.15, -0.1) is 0 Å². The van der Waals surface area contributed by atoms with Crippen LogP contribution in [0.15, 0.2) is 12.5 Å². The van der Waals surface area contributed by atoms with Crippen LogP contribution in [-0.4, -0.2) is 21.9 Å². The van der Waals surface area contributed by atoms with Gasteiger partial charge in [0.1, 0.15) is 5.69 Å². The molecule has 0 unspecified atom stereocenters. The van der Waals surface area contributed by atoms with Crippen LogP contribution in [0.3, 0.4) is 0 Å². The SMILES string of the molecule is CCC1CCC(C(=O)c2cn(CCN)cn2)CC1. The van der Waals surface area contributed by atoms with E-state index in [1.165, 1.54) is 19.3 Å². The number of aromatic nitrogens is 2. The van der Waals surface area contributed by atoms with Crippen molar-refractivity contribution in [2.45, 2.75) is 45.6 Å². The van der Waals surface area contributed by atoms with Gasteiger partial charge in [-0.25, -0.2) is 4.98 Å². The summed E-state index contributed by atoms with van der Waals surface area (Å²) < 4.78 is 1.89. The van der Waals surface area contributed by atoms with E-state index in [9.17, 15) is 4.79 Å². The summed E-state index contributed by atoms with van der Waals surface area (Å²) in [5.41, 5.74) is 6.10. The van der Waals surface area contributed by atoms with E-state index in [1.54, 1.807) is 6.33 Å². The van der Waals surface area contributed by atoms with Gasteiger partial charge >= 0.3 is 0 Å². The number of ketones is 1. The first-order valence-electron chi connectivity index (χ1n) is 7.00. The maximum absolute atomic E-state index is 12.3. The molecular formula is C14H23N3O. The van der Waals surface area contributed by atoms with Crippen molar-refractivity contribution in [3.8, 4) is 0 Å².